The van der Waals surface area contributed by atoms with Gasteiger partial charge in [0.25, 0.3) is 5.56 Å². The predicted octanol–water partition coefficient (Wildman–Crippen LogP) is 1.51. The molecule has 0 aliphatic rings. The van der Waals surface area contributed by atoms with Gasteiger partial charge in [-0.05, 0) is 0 Å². The van der Waals surface area contributed by atoms with Crippen LogP contribution in [0.5, 0.6) is 0 Å². The molecule has 0 saturated heterocycles. The van der Waals surface area contributed by atoms with Crippen molar-refractivity contribution in [2.75, 3.05) is 18.5 Å². The quantitative estimate of drug-likeness (QED) is 0.770. The number of rotatable bonds is 6. The van der Waals surface area contributed by atoms with E-state index in [-0.39, 0.29) is 22.6 Å². The summed E-state index contributed by atoms with van der Waals surface area (Å²) in [5.41, 5.74) is -0.175. The normalized spacial score (nSPS) is 11.3. The fourth-order valence-electron chi connectivity index (χ4n) is 1.23. The summed E-state index contributed by atoms with van der Waals surface area (Å²) in [5, 5.41) is 16.2. The van der Waals surface area contributed by atoms with E-state index >= 15 is 0 Å². The zero-order valence-corrected chi connectivity index (χ0v) is 11.4. The van der Waals surface area contributed by atoms with Gasteiger partial charge in [-0.1, -0.05) is 31.5 Å². The van der Waals surface area contributed by atoms with E-state index in [4.69, 9.17) is 16.7 Å². The van der Waals surface area contributed by atoms with E-state index in [1.807, 2.05) is 13.8 Å². The monoisotopic (exact) mass is 271 g/mol. The second-order valence-electron chi connectivity index (χ2n) is 4.82. The summed E-state index contributed by atoms with van der Waals surface area (Å²) in [4.78, 5) is 11.8. The Hall–Kier alpha value is -1.33. The predicted molar refractivity (Wildman–Crippen MR) is 73.1 cm³/mol. The van der Waals surface area contributed by atoms with Crippen molar-refractivity contribution in [2.24, 2.45) is 5.41 Å². The molecule has 0 aliphatic carbocycles. The van der Waals surface area contributed by atoms with Crippen molar-refractivity contribution in [3.05, 3.63) is 34.2 Å². The maximum absolute atomic E-state index is 11.8. The van der Waals surface area contributed by atoms with Gasteiger partial charge < -0.3 is 10.4 Å². The summed E-state index contributed by atoms with van der Waals surface area (Å²) in [7, 11) is 0. The number of aromatic nitrogens is 2. The summed E-state index contributed by atoms with van der Waals surface area (Å²) in [6.45, 7) is 8.21. The van der Waals surface area contributed by atoms with Gasteiger partial charge in [-0.3, -0.25) is 4.79 Å². The minimum absolute atomic E-state index is 0.0403. The molecule has 18 heavy (non-hydrogen) atoms. The van der Waals surface area contributed by atoms with Crippen LogP contribution in [0.1, 0.15) is 13.8 Å². The SMILES string of the molecule is C=CCn1ncc(NCC(C)(C)CO)c(Cl)c1=O. The lowest BCUT2D eigenvalue weighted by Gasteiger charge is -2.22. The number of hydrogen-bond acceptors (Lipinski definition) is 4. The lowest BCUT2D eigenvalue weighted by molar-refractivity contribution is 0.171. The smallest absolute Gasteiger partial charge is 0.287 e. The van der Waals surface area contributed by atoms with Crippen LogP contribution in [0.15, 0.2) is 23.6 Å². The highest BCUT2D eigenvalue weighted by atomic mass is 35.5. The Morgan fingerprint density at radius 2 is 2.33 bits per heavy atom. The number of allylic oxidation sites excluding steroid dienone is 1. The minimum atomic E-state index is -0.358. The van der Waals surface area contributed by atoms with Crippen LogP contribution in [0.25, 0.3) is 0 Å². The number of anilines is 1. The molecule has 0 spiro atoms. The summed E-state index contributed by atoms with van der Waals surface area (Å²) >= 11 is 5.97. The third-order valence-electron chi connectivity index (χ3n) is 2.47. The highest BCUT2D eigenvalue weighted by Gasteiger charge is 2.17. The maximum atomic E-state index is 11.8. The summed E-state index contributed by atoms with van der Waals surface area (Å²) in [6.07, 6.45) is 3.08. The number of halogens is 1. The van der Waals surface area contributed by atoms with Gasteiger partial charge in [0.2, 0.25) is 0 Å². The van der Waals surface area contributed by atoms with Crippen LogP contribution in [-0.4, -0.2) is 28.0 Å². The van der Waals surface area contributed by atoms with Crippen molar-refractivity contribution >= 4 is 17.3 Å². The van der Waals surface area contributed by atoms with Gasteiger partial charge in [0.05, 0.1) is 18.4 Å². The highest BCUT2D eigenvalue weighted by molar-refractivity contribution is 6.32. The third-order valence-corrected chi connectivity index (χ3v) is 2.84. The van der Waals surface area contributed by atoms with Crippen molar-refractivity contribution in [1.29, 1.82) is 0 Å². The second kappa shape index (κ2) is 6.02. The number of nitrogens with one attached hydrogen (secondary N) is 1. The van der Waals surface area contributed by atoms with Crippen LogP contribution in [0, 0.1) is 5.41 Å². The summed E-state index contributed by atoms with van der Waals surface area (Å²) in [5.74, 6) is 0. The van der Waals surface area contributed by atoms with E-state index in [1.54, 1.807) is 6.08 Å². The van der Waals surface area contributed by atoms with Crippen LogP contribution in [0.4, 0.5) is 5.69 Å². The minimum Gasteiger partial charge on any atom is -0.396 e. The maximum Gasteiger partial charge on any atom is 0.287 e. The molecule has 2 N–H and O–H groups in total. The van der Waals surface area contributed by atoms with Gasteiger partial charge in [-0.2, -0.15) is 5.10 Å². The molecule has 0 radical (unpaired) electrons. The average molecular weight is 272 g/mol. The molecule has 0 amide bonds. The zero-order chi connectivity index (χ0) is 13.8. The summed E-state index contributed by atoms with van der Waals surface area (Å²) in [6, 6.07) is 0. The second-order valence-corrected chi connectivity index (χ2v) is 5.20. The molecule has 0 aliphatic heterocycles. The molecule has 0 atom stereocenters. The lowest BCUT2D eigenvalue weighted by atomic mass is 9.95. The van der Waals surface area contributed by atoms with E-state index in [0.29, 0.717) is 18.8 Å². The number of nitrogens with zero attached hydrogens (tertiary/aromatic N) is 2. The number of aliphatic hydroxyl groups excluding tert-OH is 1. The lowest BCUT2D eigenvalue weighted by Crippen LogP contribution is -2.29. The average Bonchev–Trinajstić information content (AvgIpc) is 2.34. The molecule has 0 saturated carbocycles. The Bertz CT molecular complexity index is 483. The van der Waals surface area contributed by atoms with Gasteiger partial charge in [0.15, 0.2) is 0 Å². The van der Waals surface area contributed by atoms with Crippen molar-refractivity contribution < 1.29 is 5.11 Å². The van der Waals surface area contributed by atoms with Crippen LogP contribution in [-0.2, 0) is 6.54 Å². The molecule has 6 heteroatoms. The Kier molecular flexibility index (Phi) is 4.93. The Labute approximate surface area is 111 Å². The van der Waals surface area contributed by atoms with Crippen LogP contribution in [0.3, 0.4) is 0 Å². The van der Waals surface area contributed by atoms with E-state index in [2.05, 4.69) is 17.0 Å². The van der Waals surface area contributed by atoms with Gasteiger partial charge in [-0.15, -0.1) is 6.58 Å². The van der Waals surface area contributed by atoms with E-state index in [9.17, 15) is 4.79 Å². The highest BCUT2D eigenvalue weighted by Crippen LogP contribution is 2.19. The van der Waals surface area contributed by atoms with E-state index < -0.39 is 0 Å². The Morgan fingerprint density at radius 3 is 2.89 bits per heavy atom. The fourth-order valence-corrected chi connectivity index (χ4v) is 1.44. The van der Waals surface area contributed by atoms with Gasteiger partial charge in [-0.25, -0.2) is 4.68 Å². The molecule has 1 aromatic rings. The van der Waals surface area contributed by atoms with Gasteiger partial charge in [0.1, 0.15) is 5.02 Å². The van der Waals surface area contributed by atoms with Gasteiger partial charge in [0, 0.05) is 18.6 Å². The van der Waals surface area contributed by atoms with Crippen LogP contribution < -0.4 is 10.9 Å². The van der Waals surface area contributed by atoms with Crippen molar-refractivity contribution in [1.82, 2.24) is 9.78 Å². The van der Waals surface area contributed by atoms with Crippen LogP contribution >= 0.6 is 11.6 Å². The molecule has 100 valence electrons. The molecule has 0 bridgehead atoms. The molecular weight excluding hydrogens is 254 g/mol. The molecule has 5 nitrogen and oxygen atoms in total. The van der Waals surface area contributed by atoms with Crippen molar-refractivity contribution in [2.45, 2.75) is 20.4 Å². The topological polar surface area (TPSA) is 67.2 Å². The molecule has 1 rings (SSSR count). The van der Waals surface area contributed by atoms with E-state index in [1.165, 1.54) is 10.9 Å². The first-order chi connectivity index (χ1) is 8.41. The Morgan fingerprint density at radius 1 is 1.67 bits per heavy atom. The first kappa shape index (κ1) is 14.7. The summed E-state index contributed by atoms with van der Waals surface area (Å²) < 4.78 is 1.23. The number of hydrogen-bond donors (Lipinski definition) is 2. The molecule has 1 heterocycles. The standard InChI is InChI=1S/C12H18ClN3O2/c1-4-5-16-11(18)10(13)9(6-15-16)14-7-12(2,3)8-17/h4,6,14,17H,1,5,7-8H2,2-3H3. The van der Waals surface area contributed by atoms with Crippen LogP contribution in [0.2, 0.25) is 5.02 Å². The first-order valence-electron chi connectivity index (χ1n) is 5.62. The fraction of sp³-hybridized carbons (Fsp3) is 0.500. The van der Waals surface area contributed by atoms with Gasteiger partial charge >= 0.3 is 0 Å². The van der Waals surface area contributed by atoms with Crippen molar-refractivity contribution in [3.63, 3.8) is 0 Å². The molecule has 1 aromatic heterocycles. The first-order valence-corrected chi connectivity index (χ1v) is 6.00. The van der Waals surface area contributed by atoms with Crippen molar-refractivity contribution in [3.8, 4) is 0 Å². The Balaban J connectivity index is 2.89. The molecular formula is C12H18ClN3O2. The van der Waals surface area contributed by atoms with E-state index in [0.717, 1.165) is 0 Å². The third kappa shape index (κ3) is 3.58. The largest absolute Gasteiger partial charge is 0.396 e. The zero-order valence-electron chi connectivity index (χ0n) is 10.6. The molecule has 0 aromatic carbocycles. The number of aliphatic hydroxyl groups is 1. The molecule has 0 fully saturated rings. The molecule has 0 unspecified atom stereocenters.